The van der Waals surface area contributed by atoms with Crippen molar-refractivity contribution in [2.24, 2.45) is 0 Å². The summed E-state index contributed by atoms with van der Waals surface area (Å²) >= 11 is 2.17. The van der Waals surface area contributed by atoms with Crippen LogP contribution >= 0.6 is 22.6 Å². The van der Waals surface area contributed by atoms with Gasteiger partial charge in [0.05, 0.1) is 10.5 Å². The molecule has 0 unspecified atom stereocenters. The van der Waals surface area contributed by atoms with Crippen molar-refractivity contribution in [3.8, 4) is 0 Å². The van der Waals surface area contributed by atoms with Gasteiger partial charge in [0.2, 0.25) is 0 Å². The van der Waals surface area contributed by atoms with Crippen LogP contribution in [-0.4, -0.2) is 4.92 Å². The largest absolute Gasteiger partial charge is 0.277 e. The molecular weight excluding hydrogens is 341 g/mol. The van der Waals surface area contributed by atoms with Crippen molar-refractivity contribution < 1.29 is 4.92 Å². The molecule has 0 aliphatic rings. The van der Waals surface area contributed by atoms with Gasteiger partial charge in [-0.3, -0.25) is 10.1 Å². The summed E-state index contributed by atoms with van der Waals surface area (Å²) < 4.78 is 0.991. The van der Waals surface area contributed by atoms with Gasteiger partial charge < -0.3 is 0 Å². The van der Waals surface area contributed by atoms with Crippen molar-refractivity contribution in [2.45, 2.75) is 0 Å². The van der Waals surface area contributed by atoms with Gasteiger partial charge in [0.25, 0.3) is 5.70 Å². The van der Waals surface area contributed by atoms with Crippen LogP contribution in [-0.2, 0) is 0 Å². The van der Waals surface area contributed by atoms with Gasteiger partial charge in [0.1, 0.15) is 0 Å². The lowest BCUT2D eigenvalue weighted by Gasteiger charge is -2.01. The summed E-state index contributed by atoms with van der Waals surface area (Å²) in [6.07, 6.45) is 1.61. The van der Waals surface area contributed by atoms with Crippen LogP contribution in [0.4, 0.5) is 0 Å². The highest BCUT2D eigenvalue weighted by Crippen LogP contribution is 2.21. The highest BCUT2D eigenvalue weighted by Gasteiger charge is 2.14. The molecule has 0 spiro atoms. The SMILES string of the molecule is O=[N+]([O-])C(=Cc1ccccc1I)c1ccccc1. The van der Waals surface area contributed by atoms with Crippen molar-refractivity contribution in [3.63, 3.8) is 0 Å². The number of hydrogen-bond donors (Lipinski definition) is 0. The van der Waals surface area contributed by atoms with Crippen LogP contribution in [0.1, 0.15) is 11.1 Å². The van der Waals surface area contributed by atoms with E-state index in [1.54, 1.807) is 30.3 Å². The standard InChI is InChI=1S/C14H10INO2/c15-13-9-5-4-8-12(13)10-14(16(17)18)11-6-2-1-3-7-11/h1-10H. The van der Waals surface area contributed by atoms with Crippen molar-refractivity contribution in [2.75, 3.05) is 0 Å². The number of nitrogens with zero attached hydrogens (tertiary/aromatic N) is 1. The first kappa shape index (κ1) is 12.8. The van der Waals surface area contributed by atoms with Crippen molar-refractivity contribution in [3.05, 3.63) is 79.4 Å². The van der Waals surface area contributed by atoms with E-state index in [4.69, 9.17) is 0 Å². The minimum Gasteiger partial charge on any atom is -0.258 e. The molecule has 0 heterocycles. The maximum absolute atomic E-state index is 11.2. The molecule has 0 aliphatic carbocycles. The van der Waals surface area contributed by atoms with E-state index in [1.165, 1.54) is 0 Å². The molecule has 3 nitrogen and oxygen atoms in total. The van der Waals surface area contributed by atoms with Gasteiger partial charge in [0, 0.05) is 9.65 Å². The molecular formula is C14H10INO2. The fraction of sp³-hybridized carbons (Fsp3) is 0. The molecule has 0 atom stereocenters. The number of nitro groups is 1. The second-order valence-corrected chi connectivity index (χ2v) is 4.84. The summed E-state index contributed by atoms with van der Waals surface area (Å²) in [6, 6.07) is 16.5. The summed E-state index contributed by atoms with van der Waals surface area (Å²) in [5.74, 6) is 0. The summed E-state index contributed by atoms with van der Waals surface area (Å²) in [5, 5.41) is 11.2. The Bertz CT molecular complexity index is 594. The molecule has 4 heteroatoms. The van der Waals surface area contributed by atoms with E-state index in [0.717, 1.165) is 9.13 Å². The average Bonchev–Trinajstić information content (AvgIpc) is 2.38. The third kappa shape index (κ3) is 2.95. The first-order valence-corrected chi connectivity index (χ1v) is 6.42. The molecule has 0 saturated carbocycles. The molecule has 0 amide bonds. The Morgan fingerprint density at radius 2 is 1.67 bits per heavy atom. The van der Waals surface area contributed by atoms with Crippen LogP contribution in [0.15, 0.2) is 54.6 Å². The predicted octanol–water partition coefficient (Wildman–Crippen LogP) is 4.07. The quantitative estimate of drug-likeness (QED) is 0.362. The van der Waals surface area contributed by atoms with Gasteiger partial charge in [-0.2, -0.15) is 0 Å². The predicted molar refractivity (Wildman–Crippen MR) is 80.5 cm³/mol. The minimum absolute atomic E-state index is 0.111. The van der Waals surface area contributed by atoms with E-state index in [1.807, 2.05) is 30.3 Å². The minimum atomic E-state index is -0.349. The molecule has 0 fully saturated rings. The molecule has 18 heavy (non-hydrogen) atoms. The topological polar surface area (TPSA) is 43.1 Å². The average molecular weight is 351 g/mol. The third-order valence-electron chi connectivity index (χ3n) is 2.46. The lowest BCUT2D eigenvalue weighted by Crippen LogP contribution is -1.98. The van der Waals surface area contributed by atoms with Crippen molar-refractivity contribution >= 4 is 34.4 Å². The number of rotatable bonds is 3. The van der Waals surface area contributed by atoms with Gasteiger partial charge in [-0.1, -0.05) is 36.4 Å². The second-order valence-electron chi connectivity index (χ2n) is 3.67. The molecule has 2 rings (SSSR count). The zero-order valence-electron chi connectivity index (χ0n) is 9.42. The Labute approximate surface area is 118 Å². The van der Waals surface area contributed by atoms with E-state index in [-0.39, 0.29) is 10.6 Å². The van der Waals surface area contributed by atoms with E-state index < -0.39 is 0 Å². The zero-order chi connectivity index (χ0) is 13.0. The molecule has 0 radical (unpaired) electrons. The van der Waals surface area contributed by atoms with E-state index in [0.29, 0.717) is 5.56 Å². The molecule has 0 saturated heterocycles. The van der Waals surface area contributed by atoms with Crippen LogP contribution in [0.5, 0.6) is 0 Å². The summed E-state index contributed by atoms with van der Waals surface area (Å²) in [4.78, 5) is 10.8. The Morgan fingerprint density at radius 1 is 1.06 bits per heavy atom. The number of halogens is 1. The van der Waals surface area contributed by atoms with Crippen LogP contribution in [0.3, 0.4) is 0 Å². The van der Waals surface area contributed by atoms with Crippen LogP contribution in [0.2, 0.25) is 0 Å². The molecule has 0 bridgehead atoms. The van der Waals surface area contributed by atoms with Gasteiger partial charge in [-0.25, -0.2) is 0 Å². The Morgan fingerprint density at radius 3 is 2.28 bits per heavy atom. The fourth-order valence-electron chi connectivity index (χ4n) is 1.59. The van der Waals surface area contributed by atoms with E-state index in [2.05, 4.69) is 22.6 Å². The Balaban J connectivity index is 2.50. The van der Waals surface area contributed by atoms with Crippen LogP contribution < -0.4 is 0 Å². The van der Waals surface area contributed by atoms with Crippen molar-refractivity contribution in [1.29, 1.82) is 0 Å². The lowest BCUT2D eigenvalue weighted by atomic mass is 10.1. The van der Waals surface area contributed by atoms with Gasteiger partial charge in [-0.15, -0.1) is 0 Å². The number of benzene rings is 2. The van der Waals surface area contributed by atoms with E-state index in [9.17, 15) is 10.1 Å². The molecule has 2 aromatic rings. The third-order valence-corrected chi connectivity index (χ3v) is 3.45. The van der Waals surface area contributed by atoms with Gasteiger partial charge >= 0.3 is 0 Å². The zero-order valence-corrected chi connectivity index (χ0v) is 11.6. The highest BCUT2D eigenvalue weighted by molar-refractivity contribution is 14.1. The summed E-state index contributed by atoms with van der Waals surface area (Å²) in [5.41, 5.74) is 1.58. The highest BCUT2D eigenvalue weighted by atomic mass is 127. The second kappa shape index (κ2) is 5.77. The Hall–Kier alpha value is -1.69. The van der Waals surface area contributed by atoms with Crippen LogP contribution in [0, 0.1) is 13.7 Å². The van der Waals surface area contributed by atoms with Crippen molar-refractivity contribution in [1.82, 2.24) is 0 Å². The molecule has 0 N–H and O–H groups in total. The Kier molecular flexibility index (Phi) is 4.09. The summed E-state index contributed by atoms with van der Waals surface area (Å²) in [7, 11) is 0. The maximum atomic E-state index is 11.2. The maximum Gasteiger partial charge on any atom is 0.277 e. The first-order chi connectivity index (χ1) is 8.68. The molecule has 0 aliphatic heterocycles. The van der Waals surface area contributed by atoms with Gasteiger partial charge in [0.15, 0.2) is 0 Å². The van der Waals surface area contributed by atoms with Gasteiger partial charge in [-0.05, 0) is 46.4 Å². The van der Waals surface area contributed by atoms with E-state index >= 15 is 0 Å². The van der Waals surface area contributed by atoms with Crippen LogP contribution in [0.25, 0.3) is 11.8 Å². The fourth-order valence-corrected chi connectivity index (χ4v) is 2.13. The lowest BCUT2D eigenvalue weighted by molar-refractivity contribution is -0.374. The monoisotopic (exact) mass is 351 g/mol. The molecule has 2 aromatic carbocycles. The number of hydrogen-bond acceptors (Lipinski definition) is 2. The smallest absolute Gasteiger partial charge is 0.258 e. The molecule has 0 aromatic heterocycles. The molecule has 90 valence electrons. The summed E-state index contributed by atoms with van der Waals surface area (Å²) in [6.45, 7) is 0. The normalized spacial score (nSPS) is 11.3. The first-order valence-electron chi connectivity index (χ1n) is 5.34.